The average molecular weight is 289 g/mol. The molecule has 0 unspecified atom stereocenters. The molecule has 0 spiro atoms. The number of nitrogens with zero attached hydrogens (tertiary/aromatic N) is 2. The second kappa shape index (κ2) is 5.13. The summed E-state index contributed by atoms with van der Waals surface area (Å²) in [5, 5.41) is 5.65. The van der Waals surface area contributed by atoms with Gasteiger partial charge in [0.2, 0.25) is 5.22 Å². The zero-order valence-electron chi connectivity index (χ0n) is 11.0. The van der Waals surface area contributed by atoms with Gasteiger partial charge in [-0.2, -0.15) is 5.10 Å². The maximum Gasteiger partial charge on any atom is 0.203 e. The number of Topliss-reactive ketones (excluding diaryl/α,β-unsaturated/α-hetero) is 1. The molecule has 0 aliphatic carbocycles. The molecule has 0 bridgehead atoms. The van der Waals surface area contributed by atoms with E-state index in [0.717, 1.165) is 23.1 Å². The van der Waals surface area contributed by atoms with Crippen molar-refractivity contribution in [3.8, 4) is 0 Å². The fourth-order valence-electron chi connectivity index (χ4n) is 2.31. The fourth-order valence-corrected chi connectivity index (χ4v) is 2.53. The van der Waals surface area contributed by atoms with Crippen LogP contribution in [-0.2, 0) is 13.0 Å². The number of aromatic nitrogens is 2. The minimum Gasteiger partial charge on any atom is -0.452 e. The third-order valence-electron chi connectivity index (χ3n) is 3.28. The number of hydrogen-bond acceptors (Lipinski definition) is 3. The minimum absolute atomic E-state index is 0.0877. The predicted molar refractivity (Wildman–Crippen MR) is 77.2 cm³/mol. The number of ketones is 1. The topological polar surface area (TPSA) is 48.0 Å². The molecule has 20 heavy (non-hydrogen) atoms. The van der Waals surface area contributed by atoms with Gasteiger partial charge in [0.25, 0.3) is 0 Å². The van der Waals surface area contributed by atoms with Gasteiger partial charge < -0.3 is 4.42 Å². The first-order valence-electron chi connectivity index (χ1n) is 6.41. The Labute approximate surface area is 120 Å². The monoisotopic (exact) mass is 288 g/mol. The van der Waals surface area contributed by atoms with E-state index in [1.165, 1.54) is 6.26 Å². The van der Waals surface area contributed by atoms with Crippen molar-refractivity contribution in [3.05, 3.63) is 53.1 Å². The maximum atomic E-state index is 12.2. The number of fused-ring (bicyclic) bond motifs is 1. The van der Waals surface area contributed by atoms with Crippen molar-refractivity contribution in [3.63, 3.8) is 0 Å². The molecular formula is C15H13ClN2O2. The van der Waals surface area contributed by atoms with E-state index in [1.807, 2.05) is 35.9 Å². The highest BCUT2D eigenvalue weighted by Crippen LogP contribution is 2.22. The Kier molecular flexibility index (Phi) is 3.32. The highest BCUT2D eigenvalue weighted by atomic mass is 35.5. The zero-order chi connectivity index (χ0) is 14.1. The van der Waals surface area contributed by atoms with Crippen molar-refractivity contribution in [1.29, 1.82) is 0 Å². The second-order valence-corrected chi connectivity index (χ2v) is 4.83. The van der Waals surface area contributed by atoms with Gasteiger partial charge in [0, 0.05) is 11.9 Å². The van der Waals surface area contributed by atoms with Gasteiger partial charge in [-0.05, 0) is 30.7 Å². The molecule has 2 aromatic heterocycles. The lowest BCUT2D eigenvalue weighted by atomic mass is 10.1. The van der Waals surface area contributed by atoms with Crippen LogP contribution >= 0.6 is 11.6 Å². The van der Waals surface area contributed by atoms with Crippen molar-refractivity contribution in [2.45, 2.75) is 19.9 Å². The molecular weight excluding hydrogens is 276 g/mol. The van der Waals surface area contributed by atoms with Gasteiger partial charge in [-0.25, -0.2) is 0 Å². The third kappa shape index (κ3) is 2.12. The van der Waals surface area contributed by atoms with Crippen molar-refractivity contribution in [1.82, 2.24) is 9.78 Å². The number of hydrogen-bond donors (Lipinski definition) is 0. The predicted octanol–water partition coefficient (Wildman–Crippen LogP) is 3.73. The van der Waals surface area contributed by atoms with E-state index >= 15 is 0 Å². The molecule has 3 aromatic rings. The maximum absolute atomic E-state index is 12.2. The SMILES string of the molecule is CCn1nc(CC(=O)c2ccoc2Cl)c2ccccc21. The molecule has 0 saturated carbocycles. The molecule has 0 saturated heterocycles. The van der Waals surface area contributed by atoms with E-state index in [1.54, 1.807) is 6.07 Å². The summed E-state index contributed by atoms with van der Waals surface area (Å²) in [6.07, 6.45) is 1.63. The molecule has 1 aromatic carbocycles. The van der Waals surface area contributed by atoms with Crippen LogP contribution in [0.25, 0.3) is 10.9 Å². The van der Waals surface area contributed by atoms with E-state index < -0.39 is 0 Å². The van der Waals surface area contributed by atoms with Gasteiger partial charge >= 0.3 is 0 Å². The van der Waals surface area contributed by atoms with Gasteiger partial charge in [-0.1, -0.05) is 18.2 Å². The van der Waals surface area contributed by atoms with Crippen LogP contribution in [0.2, 0.25) is 5.22 Å². The van der Waals surface area contributed by atoms with Crippen molar-refractivity contribution >= 4 is 28.3 Å². The Morgan fingerprint density at radius 3 is 2.85 bits per heavy atom. The van der Waals surface area contributed by atoms with Crippen LogP contribution in [-0.4, -0.2) is 15.6 Å². The summed E-state index contributed by atoms with van der Waals surface area (Å²) >= 11 is 5.84. The average Bonchev–Trinajstić information content (AvgIpc) is 3.03. The molecule has 102 valence electrons. The van der Waals surface area contributed by atoms with Crippen LogP contribution in [0.5, 0.6) is 0 Å². The summed E-state index contributed by atoms with van der Waals surface area (Å²) in [5.41, 5.74) is 2.21. The number of furan rings is 1. The second-order valence-electron chi connectivity index (χ2n) is 4.49. The summed E-state index contributed by atoms with van der Waals surface area (Å²) in [4.78, 5) is 12.2. The number of rotatable bonds is 4. The smallest absolute Gasteiger partial charge is 0.203 e. The van der Waals surface area contributed by atoms with Gasteiger partial charge in [0.15, 0.2) is 5.78 Å². The van der Waals surface area contributed by atoms with Gasteiger partial charge in [0.1, 0.15) is 0 Å². The molecule has 0 N–H and O–H groups in total. The molecule has 0 aliphatic heterocycles. The Morgan fingerprint density at radius 1 is 1.35 bits per heavy atom. The van der Waals surface area contributed by atoms with Crippen LogP contribution < -0.4 is 0 Å². The summed E-state index contributed by atoms with van der Waals surface area (Å²) < 4.78 is 6.85. The van der Waals surface area contributed by atoms with Gasteiger partial charge in [-0.15, -0.1) is 0 Å². The molecule has 0 radical (unpaired) electrons. The van der Waals surface area contributed by atoms with Crippen LogP contribution in [0.4, 0.5) is 0 Å². The Balaban J connectivity index is 1.99. The number of aryl methyl sites for hydroxylation is 1. The Hall–Kier alpha value is -2.07. The summed E-state index contributed by atoms with van der Waals surface area (Å²) in [6.45, 7) is 2.79. The standard InChI is InChI=1S/C15H13ClN2O2/c1-2-18-13-6-4-3-5-10(13)12(17-18)9-14(19)11-7-8-20-15(11)16/h3-8H,2,9H2,1H3. The van der Waals surface area contributed by atoms with E-state index in [0.29, 0.717) is 5.56 Å². The lowest BCUT2D eigenvalue weighted by Crippen LogP contribution is -2.05. The highest BCUT2D eigenvalue weighted by Gasteiger charge is 2.17. The lowest BCUT2D eigenvalue weighted by molar-refractivity contribution is 0.0991. The molecule has 3 rings (SSSR count). The van der Waals surface area contributed by atoms with Gasteiger partial charge in [-0.3, -0.25) is 9.48 Å². The van der Waals surface area contributed by atoms with Crippen molar-refractivity contribution < 1.29 is 9.21 Å². The van der Waals surface area contributed by atoms with Crippen molar-refractivity contribution in [2.24, 2.45) is 0 Å². The quantitative estimate of drug-likeness (QED) is 0.687. The van der Waals surface area contributed by atoms with E-state index in [-0.39, 0.29) is 17.4 Å². The lowest BCUT2D eigenvalue weighted by Gasteiger charge is -1.96. The van der Waals surface area contributed by atoms with Crippen LogP contribution in [0.3, 0.4) is 0 Å². The zero-order valence-corrected chi connectivity index (χ0v) is 11.7. The first-order chi connectivity index (χ1) is 9.70. The number of benzene rings is 1. The van der Waals surface area contributed by atoms with Crippen LogP contribution in [0.1, 0.15) is 23.0 Å². The number of halogens is 1. The first-order valence-corrected chi connectivity index (χ1v) is 6.79. The molecule has 0 fully saturated rings. The molecule has 5 heteroatoms. The fraction of sp³-hybridized carbons (Fsp3) is 0.200. The molecule has 0 amide bonds. The molecule has 2 heterocycles. The van der Waals surface area contributed by atoms with Crippen LogP contribution in [0.15, 0.2) is 41.0 Å². The third-order valence-corrected chi connectivity index (χ3v) is 3.57. The summed E-state index contributed by atoms with van der Waals surface area (Å²) in [6, 6.07) is 9.49. The van der Waals surface area contributed by atoms with E-state index in [4.69, 9.17) is 16.0 Å². The molecule has 0 atom stereocenters. The Bertz CT molecular complexity index is 773. The number of carbonyl (C=O) groups is 1. The Morgan fingerprint density at radius 2 is 2.15 bits per heavy atom. The van der Waals surface area contributed by atoms with E-state index in [9.17, 15) is 4.79 Å². The number of para-hydroxylation sites is 1. The largest absolute Gasteiger partial charge is 0.452 e. The van der Waals surface area contributed by atoms with Crippen LogP contribution in [0, 0.1) is 0 Å². The first kappa shape index (κ1) is 12.9. The minimum atomic E-state index is -0.0877. The van der Waals surface area contributed by atoms with E-state index in [2.05, 4.69) is 5.10 Å². The molecule has 0 aliphatic rings. The number of carbonyl (C=O) groups excluding carboxylic acids is 1. The molecule has 4 nitrogen and oxygen atoms in total. The normalized spacial score (nSPS) is 11.1. The summed E-state index contributed by atoms with van der Waals surface area (Å²) in [7, 11) is 0. The van der Waals surface area contributed by atoms with Gasteiger partial charge in [0.05, 0.1) is 29.5 Å². The van der Waals surface area contributed by atoms with Crippen molar-refractivity contribution in [2.75, 3.05) is 0 Å². The highest BCUT2D eigenvalue weighted by molar-refractivity contribution is 6.32. The summed E-state index contributed by atoms with van der Waals surface area (Å²) in [5.74, 6) is -0.0877.